The summed E-state index contributed by atoms with van der Waals surface area (Å²) in [5.41, 5.74) is 3.74. The number of hydrogen-bond acceptors (Lipinski definition) is 6. The summed E-state index contributed by atoms with van der Waals surface area (Å²) in [6.45, 7) is 4.62. The lowest BCUT2D eigenvalue weighted by molar-refractivity contribution is -0.114. The standard InChI is InChI=1S/C17H19N3O5S/c1-10-8-13(17(22)20-18)9-11(2)16(10)25-26(23,24)15-6-4-14(5-7-15)19-12(3)21/h4-9H,18H2,1-3H3,(H,19,21)(H,20,22). The van der Waals surface area contributed by atoms with Crippen LogP contribution in [0.25, 0.3) is 0 Å². The molecule has 0 atom stereocenters. The molecule has 0 aliphatic heterocycles. The SMILES string of the molecule is CC(=O)Nc1ccc(S(=O)(=O)Oc2c(C)cc(C(=O)NN)cc2C)cc1. The van der Waals surface area contributed by atoms with Crippen LogP contribution >= 0.6 is 0 Å². The molecule has 0 saturated heterocycles. The number of hydrazine groups is 1. The molecule has 4 N–H and O–H groups in total. The lowest BCUT2D eigenvalue weighted by atomic mass is 10.1. The number of rotatable bonds is 5. The van der Waals surface area contributed by atoms with E-state index in [2.05, 4.69) is 5.32 Å². The van der Waals surface area contributed by atoms with Gasteiger partial charge >= 0.3 is 10.1 Å². The second-order valence-corrected chi connectivity index (χ2v) is 7.20. The van der Waals surface area contributed by atoms with Crippen molar-refractivity contribution in [1.82, 2.24) is 5.43 Å². The van der Waals surface area contributed by atoms with E-state index in [4.69, 9.17) is 10.0 Å². The highest BCUT2D eigenvalue weighted by molar-refractivity contribution is 7.87. The maximum atomic E-state index is 12.5. The number of nitrogen functional groups attached to an aromatic ring is 1. The second-order valence-electron chi connectivity index (χ2n) is 5.66. The number of benzene rings is 2. The van der Waals surface area contributed by atoms with Crippen molar-refractivity contribution < 1.29 is 22.2 Å². The molecule has 138 valence electrons. The van der Waals surface area contributed by atoms with E-state index in [1.807, 2.05) is 5.43 Å². The van der Waals surface area contributed by atoms with Gasteiger partial charge < -0.3 is 9.50 Å². The van der Waals surface area contributed by atoms with Gasteiger partial charge in [0.1, 0.15) is 10.6 Å². The number of nitrogens with two attached hydrogens (primary N) is 1. The van der Waals surface area contributed by atoms with Crippen LogP contribution in [0.1, 0.15) is 28.4 Å². The number of carbonyl (C=O) groups is 2. The minimum absolute atomic E-state index is 0.0609. The Balaban J connectivity index is 2.32. The van der Waals surface area contributed by atoms with Crippen LogP contribution in [0.2, 0.25) is 0 Å². The largest absolute Gasteiger partial charge is 0.378 e. The highest BCUT2D eigenvalue weighted by Crippen LogP contribution is 2.28. The Morgan fingerprint density at radius 3 is 2.04 bits per heavy atom. The maximum absolute atomic E-state index is 12.5. The summed E-state index contributed by atoms with van der Waals surface area (Å²) in [4.78, 5) is 22.6. The zero-order valence-corrected chi connectivity index (χ0v) is 15.3. The fourth-order valence-electron chi connectivity index (χ4n) is 2.36. The van der Waals surface area contributed by atoms with Gasteiger partial charge in [-0.25, -0.2) is 5.84 Å². The molecule has 0 unspecified atom stereocenters. The summed E-state index contributed by atoms with van der Waals surface area (Å²) in [6.07, 6.45) is 0. The second kappa shape index (κ2) is 7.54. The molecular weight excluding hydrogens is 358 g/mol. The normalized spacial score (nSPS) is 10.9. The predicted molar refractivity (Wildman–Crippen MR) is 96.1 cm³/mol. The Bertz CT molecular complexity index is 930. The molecular formula is C17H19N3O5S. The molecule has 2 amide bonds. The van der Waals surface area contributed by atoms with Gasteiger partial charge in [0.25, 0.3) is 5.91 Å². The smallest absolute Gasteiger partial charge is 0.339 e. The Morgan fingerprint density at radius 2 is 1.58 bits per heavy atom. The molecule has 0 fully saturated rings. The van der Waals surface area contributed by atoms with Gasteiger partial charge in [-0.1, -0.05) is 0 Å². The van der Waals surface area contributed by atoms with Crippen LogP contribution in [0.15, 0.2) is 41.3 Å². The number of anilines is 1. The number of nitrogens with one attached hydrogen (secondary N) is 2. The molecule has 8 nitrogen and oxygen atoms in total. The van der Waals surface area contributed by atoms with Gasteiger partial charge in [-0.2, -0.15) is 8.42 Å². The van der Waals surface area contributed by atoms with E-state index in [9.17, 15) is 18.0 Å². The first-order valence-corrected chi connectivity index (χ1v) is 8.99. The summed E-state index contributed by atoms with van der Waals surface area (Å²) in [7, 11) is -4.08. The van der Waals surface area contributed by atoms with E-state index in [1.165, 1.54) is 43.3 Å². The first-order valence-electron chi connectivity index (χ1n) is 7.58. The Morgan fingerprint density at radius 1 is 1.04 bits per heavy atom. The minimum Gasteiger partial charge on any atom is -0.378 e. The molecule has 2 aromatic rings. The van der Waals surface area contributed by atoms with Gasteiger partial charge in [0, 0.05) is 18.2 Å². The highest BCUT2D eigenvalue weighted by atomic mass is 32.2. The predicted octanol–water partition coefficient (Wildman–Crippen LogP) is 1.63. The molecule has 0 aliphatic rings. The number of hydrogen-bond donors (Lipinski definition) is 3. The maximum Gasteiger partial charge on any atom is 0.339 e. The van der Waals surface area contributed by atoms with Gasteiger partial charge in [-0.3, -0.25) is 15.0 Å². The van der Waals surface area contributed by atoms with Crippen molar-refractivity contribution in [2.75, 3.05) is 5.32 Å². The van der Waals surface area contributed by atoms with Crippen molar-refractivity contribution in [3.8, 4) is 5.75 Å². The van der Waals surface area contributed by atoms with E-state index in [0.29, 0.717) is 22.4 Å². The zero-order valence-electron chi connectivity index (χ0n) is 14.5. The van der Waals surface area contributed by atoms with Crippen molar-refractivity contribution in [2.24, 2.45) is 5.84 Å². The molecule has 2 aromatic carbocycles. The van der Waals surface area contributed by atoms with Crippen LogP contribution in [0.5, 0.6) is 5.75 Å². The van der Waals surface area contributed by atoms with Gasteiger partial charge in [0.05, 0.1) is 0 Å². The minimum atomic E-state index is -4.08. The molecule has 0 bridgehead atoms. The van der Waals surface area contributed by atoms with Crippen molar-refractivity contribution in [3.05, 3.63) is 53.1 Å². The Labute approximate surface area is 151 Å². The van der Waals surface area contributed by atoms with Gasteiger partial charge in [0.15, 0.2) is 0 Å². The molecule has 0 radical (unpaired) electrons. The molecule has 0 heterocycles. The number of aryl methyl sites for hydroxylation is 2. The quantitative estimate of drug-likeness (QED) is 0.314. The molecule has 0 aromatic heterocycles. The van der Waals surface area contributed by atoms with E-state index in [-0.39, 0.29) is 16.6 Å². The fraction of sp³-hybridized carbons (Fsp3) is 0.176. The Hall–Kier alpha value is -2.91. The van der Waals surface area contributed by atoms with E-state index >= 15 is 0 Å². The number of carbonyl (C=O) groups excluding carboxylic acids is 2. The topological polar surface area (TPSA) is 128 Å². The van der Waals surface area contributed by atoms with Crippen LogP contribution in [0.4, 0.5) is 5.69 Å². The highest BCUT2D eigenvalue weighted by Gasteiger charge is 2.20. The number of amides is 2. The first-order chi connectivity index (χ1) is 12.1. The third-order valence-corrected chi connectivity index (χ3v) is 4.75. The van der Waals surface area contributed by atoms with Crippen LogP contribution in [0, 0.1) is 13.8 Å². The van der Waals surface area contributed by atoms with Gasteiger partial charge in [-0.05, 0) is 61.4 Å². The average Bonchev–Trinajstić information content (AvgIpc) is 2.57. The zero-order chi connectivity index (χ0) is 19.5. The summed E-state index contributed by atoms with van der Waals surface area (Å²) < 4.78 is 30.3. The first kappa shape index (κ1) is 19.4. The van der Waals surface area contributed by atoms with Crippen molar-refractivity contribution >= 4 is 27.6 Å². The van der Waals surface area contributed by atoms with Crippen molar-refractivity contribution in [1.29, 1.82) is 0 Å². The third kappa shape index (κ3) is 4.38. The molecule has 9 heteroatoms. The monoisotopic (exact) mass is 377 g/mol. The van der Waals surface area contributed by atoms with E-state index in [0.717, 1.165) is 0 Å². The Kier molecular flexibility index (Phi) is 5.63. The molecule has 0 spiro atoms. The summed E-state index contributed by atoms with van der Waals surface area (Å²) in [5, 5.41) is 2.55. The molecule has 26 heavy (non-hydrogen) atoms. The van der Waals surface area contributed by atoms with E-state index in [1.54, 1.807) is 13.8 Å². The van der Waals surface area contributed by atoms with Gasteiger partial charge in [0.2, 0.25) is 5.91 Å². The lowest BCUT2D eigenvalue weighted by Gasteiger charge is -2.14. The van der Waals surface area contributed by atoms with Crippen LogP contribution in [-0.4, -0.2) is 20.2 Å². The van der Waals surface area contributed by atoms with Crippen molar-refractivity contribution in [3.63, 3.8) is 0 Å². The van der Waals surface area contributed by atoms with Crippen LogP contribution in [-0.2, 0) is 14.9 Å². The molecule has 2 rings (SSSR count). The summed E-state index contributed by atoms with van der Waals surface area (Å²) in [6, 6.07) is 8.57. The summed E-state index contributed by atoms with van der Waals surface area (Å²) >= 11 is 0. The molecule has 0 aliphatic carbocycles. The van der Waals surface area contributed by atoms with Gasteiger partial charge in [-0.15, -0.1) is 0 Å². The fourth-order valence-corrected chi connectivity index (χ4v) is 3.41. The lowest BCUT2D eigenvalue weighted by Crippen LogP contribution is -2.30. The average molecular weight is 377 g/mol. The van der Waals surface area contributed by atoms with Crippen molar-refractivity contribution in [2.45, 2.75) is 25.7 Å². The summed E-state index contributed by atoms with van der Waals surface area (Å²) in [5.74, 6) is 4.51. The van der Waals surface area contributed by atoms with Crippen LogP contribution in [0.3, 0.4) is 0 Å². The van der Waals surface area contributed by atoms with Crippen LogP contribution < -0.4 is 20.8 Å². The third-order valence-electron chi connectivity index (χ3n) is 3.51. The van der Waals surface area contributed by atoms with E-state index < -0.39 is 16.0 Å². The molecule has 0 saturated carbocycles.